The molecule has 5 rings (SSSR count). The van der Waals surface area contributed by atoms with Crippen molar-refractivity contribution in [2.24, 2.45) is 5.73 Å². The topological polar surface area (TPSA) is 132 Å². The van der Waals surface area contributed by atoms with Gasteiger partial charge in [-0.3, -0.25) is 19.8 Å². The van der Waals surface area contributed by atoms with Crippen molar-refractivity contribution in [1.82, 2.24) is 0 Å². The van der Waals surface area contributed by atoms with E-state index in [1.807, 2.05) is 30.3 Å². The van der Waals surface area contributed by atoms with E-state index in [2.05, 4.69) is 6.07 Å². The minimum atomic E-state index is -0.821. The molecule has 3 aromatic rings. The number of allylic oxidation sites excluding steroid dienone is 3. The molecular weight excluding hydrogens is 532 g/mol. The predicted molar refractivity (Wildman–Crippen MR) is 150 cm³/mol. The summed E-state index contributed by atoms with van der Waals surface area (Å²) in [7, 11) is 3.03. The highest BCUT2D eigenvalue weighted by Crippen LogP contribution is 2.52. The maximum Gasteiger partial charge on any atom is 0.271 e. The van der Waals surface area contributed by atoms with Crippen molar-refractivity contribution in [2.45, 2.75) is 24.7 Å². The maximum atomic E-state index is 14.1. The number of methoxy groups -OCH3 is 2. The summed E-state index contributed by atoms with van der Waals surface area (Å²) in [5, 5.41) is 22.2. The molecule has 0 fully saturated rings. The van der Waals surface area contributed by atoms with E-state index in [1.54, 1.807) is 18.2 Å². The second-order valence-corrected chi connectivity index (χ2v) is 9.89. The van der Waals surface area contributed by atoms with E-state index in [4.69, 9.17) is 26.8 Å². The second kappa shape index (κ2) is 10.8. The average Bonchev–Trinajstić information content (AvgIpc) is 2.97. The first kappa shape index (κ1) is 26.8. The number of halogens is 1. The molecule has 40 heavy (non-hydrogen) atoms. The lowest BCUT2D eigenvalue weighted by molar-refractivity contribution is -0.384. The summed E-state index contributed by atoms with van der Waals surface area (Å²) in [5.41, 5.74) is 9.30. The lowest BCUT2D eigenvalue weighted by Gasteiger charge is -2.42. The fourth-order valence-corrected chi connectivity index (χ4v) is 5.72. The molecule has 202 valence electrons. The van der Waals surface area contributed by atoms with Gasteiger partial charge in [0, 0.05) is 41.5 Å². The third-order valence-electron chi connectivity index (χ3n) is 7.37. The number of ketones is 1. The molecule has 2 aliphatic rings. The number of non-ortho nitro benzene ring substituents is 1. The monoisotopic (exact) mass is 556 g/mol. The van der Waals surface area contributed by atoms with Crippen LogP contribution in [0.2, 0.25) is 5.02 Å². The first-order valence-electron chi connectivity index (χ1n) is 12.5. The lowest BCUT2D eigenvalue weighted by Crippen LogP contribution is -2.40. The third-order valence-corrected chi connectivity index (χ3v) is 7.69. The van der Waals surface area contributed by atoms with Crippen molar-refractivity contribution in [3.8, 4) is 17.6 Å². The van der Waals surface area contributed by atoms with Gasteiger partial charge in [-0.05, 0) is 30.0 Å². The molecule has 0 bridgehead atoms. The number of nitro benzene ring substituents is 1. The Morgan fingerprint density at radius 2 is 1.82 bits per heavy atom. The van der Waals surface area contributed by atoms with E-state index < -0.39 is 10.8 Å². The van der Waals surface area contributed by atoms with Crippen LogP contribution in [-0.4, -0.2) is 24.9 Å². The summed E-state index contributed by atoms with van der Waals surface area (Å²) in [5.74, 6) is -0.152. The van der Waals surface area contributed by atoms with Gasteiger partial charge in [0.25, 0.3) is 5.69 Å². The normalized spacial score (nSPS) is 18.8. The van der Waals surface area contributed by atoms with Gasteiger partial charge in [-0.2, -0.15) is 5.26 Å². The summed E-state index contributed by atoms with van der Waals surface area (Å²) < 4.78 is 11.0. The number of nitrogens with two attached hydrogens (primary N) is 1. The predicted octanol–water partition coefficient (Wildman–Crippen LogP) is 5.96. The van der Waals surface area contributed by atoms with E-state index in [0.717, 1.165) is 5.56 Å². The van der Waals surface area contributed by atoms with Crippen molar-refractivity contribution < 1.29 is 19.2 Å². The largest absolute Gasteiger partial charge is 0.497 e. The zero-order valence-electron chi connectivity index (χ0n) is 21.8. The average molecular weight is 557 g/mol. The molecule has 0 radical (unpaired) electrons. The summed E-state index contributed by atoms with van der Waals surface area (Å²) in [6.07, 6.45) is 0.603. The Hall–Kier alpha value is -4.81. The van der Waals surface area contributed by atoms with Gasteiger partial charge in [0.2, 0.25) is 0 Å². The fraction of sp³-hybridized carbons (Fsp3) is 0.200. The molecule has 2 unspecified atom stereocenters. The molecule has 1 aliphatic carbocycles. The maximum absolute atomic E-state index is 14.1. The second-order valence-electron chi connectivity index (χ2n) is 9.48. The molecule has 0 spiro atoms. The van der Waals surface area contributed by atoms with Crippen molar-refractivity contribution in [1.29, 1.82) is 5.26 Å². The molecular formula is C30H25ClN4O5. The van der Waals surface area contributed by atoms with Crippen LogP contribution in [0.25, 0.3) is 0 Å². The van der Waals surface area contributed by atoms with Gasteiger partial charge in [0.15, 0.2) is 5.78 Å². The molecule has 0 amide bonds. The Morgan fingerprint density at radius 3 is 2.48 bits per heavy atom. The minimum Gasteiger partial charge on any atom is -0.497 e. The van der Waals surface area contributed by atoms with Crippen LogP contribution in [0.4, 0.5) is 11.4 Å². The van der Waals surface area contributed by atoms with Crippen LogP contribution in [0, 0.1) is 21.4 Å². The van der Waals surface area contributed by atoms with Gasteiger partial charge in [0.1, 0.15) is 17.3 Å². The van der Waals surface area contributed by atoms with Crippen LogP contribution in [-0.2, 0) is 4.79 Å². The molecule has 9 nitrogen and oxygen atoms in total. The van der Waals surface area contributed by atoms with Crippen LogP contribution < -0.4 is 20.1 Å². The van der Waals surface area contributed by atoms with Gasteiger partial charge < -0.3 is 15.2 Å². The van der Waals surface area contributed by atoms with Crippen molar-refractivity contribution in [3.05, 3.63) is 116 Å². The number of anilines is 1. The molecule has 1 heterocycles. The SMILES string of the molecule is COc1ccc(C2C(C#N)=C(N)N(c3cc([N+](=O)[O-])ccc3Cl)C3=C2C(=O)CC(c2ccccc2)C3)c(OC)c1. The molecule has 1 aliphatic heterocycles. The number of nitrogens with zero attached hydrogens (tertiary/aromatic N) is 3. The molecule has 2 atom stereocenters. The van der Waals surface area contributed by atoms with Crippen molar-refractivity contribution in [3.63, 3.8) is 0 Å². The van der Waals surface area contributed by atoms with Crippen molar-refractivity contribution >= 4 is 28.8 Å². The number of carbonyl (C=O) groups is 1. The summed E-state index contributed by atoms with van der Waals surface area (Å²) >= 11 is 6.58. The number of nitriles is 1. The number of rotatable bonds is 6. The van der Waals surface area contributed by atoms with Gasteiger partial charge in [-0.1, -0.05) is 48.0 Å². The molecule has 2 N–H and O–H groups in total. The zero-order chi connectivity index (χ0) is 28.6. The number of ether oxygens (including phenoxy) is 2. The number of hydrogen-bond donors (Lipinski definition) is 1. The molecule has 3 aromatic carbocycles. The zero-order valence-corrected chi connectivity index (χ0v) is 22.5. The quantitative estimate of drug-likeness (QED) is 0.290. The number of nitro groups is 1. The first-order chi connectivity index (χ1) is 19.3. The van der Waals surface area contributed by atoms with Gasteiger partial charge in [-0.25, -0.2) is 0 Å². The number of carbonyl (C=O) groups excluding carboxylic acids is 1. The highest BCUT2D eigenvalue weighted by Gasteiger charge is 2.44. The van der Waals surface area contributed by atoms with E-state index in [0.29, 0.717) is 34.8 Å². The van der Waals surface area contributed by atoms with Crippen LogP contribution in [0.3, 0.4) is 0 Å². The van der Waals surface area contributed by atoms with Crippen LogP contribution in [0.1, 0.15) is 35.8 Å². The molecule has 10 heteroatoms. The fourth-order valence-electron chi connectivity index (χ4n) is 5.52. The summed E-state index contributed by atoms with van der Waals surface area (Å²) in [6.45, 7) is 0. The van der Waals surface area contributed by atoms with Gasteiger partial charge in [0.05, 0.1) is 47.4 Å². The molecule has 0 saturated carbocycles. The highest BCUT2D eigenvalue weighted by atomic mass is 35.5. The van der Waals surface area contributed by atoms with Crippen LogP contribution >= 0.6 is 11.6 Å². The highest BCUT2D eigenvalue weighted by molar-refractivity contribution is 6.33. The van der Waals surface area contributed by atoms with Crippen LogP contribution in [0.15, 0.2) is 89.4 Å². The number of Topliss-reactive ketones (excluding diaryl/α,β-unsaturated/α-hetero) is 1. The molecule has 0 aromatic heterocycles. The smallest absolute Gasteiger partial charge is 0.271 e. The summed E-state index contributed by atoms with van der Waals surface area (Å²) in [6, 6.07) is 21.0. The Kier molecular flexibility index (Phi) is 7.20. The van der Waals surface area contributed by atoms with E-state index in [-0.39, 0.29) is 45.9 Å². The number of hydrogen-bond acceptors (Lipinski definition) is 8. The van der Waals surface area contributed by atoms with E-state index in [9.17, 15) is 20.2 Å². The number of benzene rings is 3. The first-order valence-corrected chi connectivity index (χ1v) is 12.8. The summed E-state index contributed by atoms with van der Waals surface area (Å²) in [4.78, 5) is 26.7. The Morgan fingerprint density at radius 1 is 1.07 bits per heavy atom. The minimum absolute atomic E-state index is 0.0352. The Labute approximate surface area is 235 Å². The third kappa shape index (κ3) is 4.52. The Balaban J connectivity index is 1.79. The van der Waals surface area contributed by atoms with Gasteiger partial charge >= 0.3 is 0 Å². The van der Waals surface area contributed by atoms with E-state index >= 15 is 0 Å². The van der Waals surface area contributed by atoms with Gasteiger partial charge in [-0.15, -0.1) is 0 Å². The van der Waals surface area contributed by atoms with Crippen molar-refractivity contribution in [2.75, 3.05) is 19.1 Å². The lowest BCUT2D eigenvalue weighted by atomic mass is 9.71. The van der Waals surface area contributed by atoms with Crippen LogP contribution in [0.5, 0.6) is 11.5 Å². The Bertz CT molecular complexity index is 1630. The molecule has 0 saturated heterocycles. The standard InChI is InChI=1S/C30H25ClN4O5/c1-39-20-9-10-21(27(15-20)40-2)28-22(16-32)30(33)34(24-14-19(35(37)38)8-11-23(24)31)25-12-18(13-26(36)29(25)28)17-6-4-3-5-7-17/h3-11,14-15,18,28H,12-13,33H2,1-2H3. The van der Waals surface area contributed by atoms with E-state index in [1.165, 1.54) is 37.3 Å².